The van der Waals surface area contributed by atoms with Gasteiger partial charge < -0.3 is 9.47 Å². The third-order valence-corrected chi connectivity index (χ3v) is 4.06. The number of Topliss-reactive ketones (excluding diaryl/α,β-unsaturated/α-hetero) is 1. The van der Waals surface area contributed by atoms with Gasteiger partial charge in [-0.25, -0.2) is 9.59 Å². The number of ketones is 1. The molecule has 1 aliphatic heterocycles. The Bertz CT molecular complexity index is 839. The van der Waals surface area contributed by atoms with Crippen LogP contribution in [0.1, 0.15) is 22.3 Å². The van der Waals surface area contributed by atoms with E-state index >= 15 is 0 Å². The summed E-state index contributed by atoms with van der Waals surface area (Å²) in [6.45, 7) is 0. The van der Waals surface area contributed by atoms with Gasteiger partial charge in [-0.1, -0.05) is 60.7 Å². The van der Waals surface area contributed by atoms with Crippen LogP contribution in [0.4, 0.5) is 0 Å². The molecule has 0 amide bonds. The quantitative estimate of drug-likeness (QED) is 0.477. The second kappa shape index (κ2) is 6.73. The number of carbonyl (C=O) groups is 3. The minimum Gasteiger partial charge on any atom is -0.465 e. The molecule has 0 aromatic heterocycles. The van der Waals surface area contributed by atoms with Crippen molar-refractivity contribution in [1.82, 2.24) is 0 Å². The Kier molecular flexibility index (Phi) is 4.48. The second-order valence-electron chi connectivity index (χ2n) is 5.66. The Hall–Kier alpha value is -3.21. The van der Waals surface area contributed by atoms with Crippen molar-refractivity contribution in [3.05, 3.63) is 83.4 Å². The summed E-state index contributed by atoms with van der Waals surface area (Å²) in [4.78, 5) is 36.7. The first kappa shape index (κ1) is 16.6. The normalized spacial score (nSPS) is 19.1. The van der Waals surface area contributed by atoms with Crippen molar-refractivity contribution in [3.63, 3.8) is 0 Å². The molecule has 0 bridgehead atoms. The number of hydrogen-bond donors (Lipinski definition) is 0. The van der Waals surface area contributed by atoms with Crippen molar-refractivity contribution in [2.24, 2.45) is 0 Å². The predicted octanol–water partition coefficient (Wildman–Crippen LogP) is 2.81. The molecule has 126 valence electrons. The topological polar surface area (TPSA) is 69.7 Å². The van der Waals surface area contributed by atoms with Crippen LogP contribution in [-0.4, -0.2) is 24.8 Å². The molecule has 2 aromatic carbocycles. The molecule has 0 N–H and O–H groups in total. The van der Waals surface area contributed by atoms with E-state index in [4.69, 9.17) is 4.74 Å². The molecule has 1 heterocycles. The highest BCUT2D eigenvalue weighted by molar-refractivity contribution is 6.16. The molecule has 1 unspecified atom stereocenters. The zero-order valence-electron chi connectivity index (χ0n) is 13.6. The molecule has 0 saturated heterocycles. The van der Waals surface area contributed by atoms with E-state index in [1.165, 1.54) is 13.2 Å². The number of esters is 2. The maximum atomic E-state index is 12.7. The minimum absolute atomic E-state index is 0.104. The van der Waals surface area contributed by atoms with E-state index in [0.717, 1.165) is 0 Å². The number of ether oxygens (including phenoxy) is 2. The fraction of sp³-hybridized carbons (Fsp3) is 0.150. The number of carbonyl (C=O) groups excluding carboxylic acids is 3. The predicted molar refractivity (Wildman–Crippen MR) is 89.7 cm³/mol. The lowest BCUT2D eigenvalue weighted by molar-refractivity contribution is -0.150. The van der Waals surface area contributed by atoms with Gasteiger partial charge in [0, 0.05) is 5.56 Å². The Morgan fingerprint density at radius 1 is 1.00 bits per heavy atom. The van der Waals surface area contributed by atoms with Gasteiger partial charge in [0.1, 0.15) is 5.57 Å². The number of methoxy groups -OCH3 is 1. The highest BCUT2D eigenvalue weighted by atomic mass is 16.6. The summed E-state index contributed by atoms with van der Waals surface area (Å²) in [5.74, 6) is -1.77. The molecule has 5 nitrogen and oxygen atoms in total. The van der Waals surface area contributed by atoms with Crippen molar-refractivity contribution >= 4 is 17.7 Å². The van der Waals surface area contributed by atoms with Crippen LogP contribution < -0.4 is 0 Å². The Morgan fingerprint density at radius 3 is 2.20 bits per heavy atom. The first-order chi connectivity index (χ1) is 12.1. The fourth-order valence-corrected chi connectivity index (χ4v) is 2.81. The van der Waals surface area contributed by atoms with Gasteiger partial charge in [0.15, 0.2) is 11.4 Å². The minimum atomic E-state index is -1.32. The Morgan fingerprint density at radius 2 is 1.60 bits per heavy atom. The molecule has 2 aromatic rings. The summed E-state index contributed by atoms with van der Waals surface area (Å²) in [7, 11) is 1.19. The average molecular weight is 336 g/mol. The SMILES string of the molecule is COC(=O)C1=CC(CC(=O)c2ccccc2)(c2ccccc2)OC1=O. The highest BCUT2D eigenvalue weighted by Crippen LogP contribution is 2.39. The monoisotopic (exact) mass is 336 g/mol. The smallest absolute Gasteiger partial charge is 0.346 e. The maximum absolute atomic E-state index is 12.7. The fourth-order valence-electron chi connectivity index (χ4n) is 2.81. The van der Waals surface area contributed by atoms with Gasteiger partial charge in [-0.05, 0) is 11.6 Å². The summed E-state index contributed by atoms with van der Waals surface area (Å²) < 4.78 is 10.1. The first-order valence-electron chi connectivity index (χ1n) is 7.74. The summed E-state index contributed by atoms with van der Waals surface area (Å²) in [5, 5.41) is 0. The Labute approximate surface area is 144 Å². The van der Waals surface area contributed by atoms with Crippen LogP contribution in [0.2, 0.25) is 0 Å². The average Bonchev–Trinajstić information content (AvgIpc) is 3.00. The molecule has 3 rings (SSSR count). The van der Waals surface area contributed by atoms with Gasteiger partial charge in [0.25, 0.3) is 0 Å². The molecule has 1 atom stereocenters. The lowest BCUT2D eigenvalue weighted by atomic mass is 9.86. The van der Waals surface area contributed by atoms with Crippen molar-refractivity contribution < 1.29 is 23.9 Å². The van der Waals surface area contributed by atoms with E-state index in [-0.39, 0.29) is 17.8 Å². The Balaban J connectivity index is 2.03. The lowest BCUT2D eigenvalue weighted by Gasteiger charge is -2.26. The summed E-state index contributed by atoms with van der Waals surface area (Å²) in [5.41, 5.74) is -0.401. The van der Waals surface area contributed by atoms with E-state index in [0.29, 0.717) is 11.1 Å². The zero-order chi connectivity index (χ0) is 17.9. The third kappa shape index (κ3) is 3.21. The van der Waals surface area contributed by atoms with Crippen molar-refractivity contribution in [1.29, 1.82) is 0 Å². The largest absolute Gasteiger partial charge is 0.465 e. The first-order valence-corrected chi connectivity index (χ1v) is 7.74. The molecule has 5 heteroatoms. The summed E-state index contributed by atoms with van der Waals surface area (Å²) >= 11 is 0. The highest BCUT2D eigenvalue weighted by Gasteiger charge is 2.45. The van der Waals surface area contributed by atoms with E-state index in [2.05, 4.69) is 4.74 Å². The molecule has 0 radical (unpaired) electrons. The van der Waals surface area contributed by atoms with Crippen molar-refractivity contribution in [2.45, 2.75) is 12.0 Å². The molecular formula is C20H16O5. The second-order valence-corrected chi connectivity index (χ2v) is 5.66. The zero-order valence-corrected chi connectivity index (χ0v) is 13.6. The van der Waals surface area contributed by atoms with Crippen LogP contribution in [0.15, 0.2) is 72.3 Å². The van der Waals surface area contributed by atoms with Gasteiger partial charge in [-0.2, -0.15) is 0 Å². The number of hydrogen-bond acceptors (Lipinski definition) is 5. The van der Waals surface area contributed by atoms with E-state index in [1.54, 1.807) is 48.5 Å². The van der Waals surface area contributed by atoms with Crippen molar-refractivity contribution in [2.75, 3.05) is 7.11 Å². The van der Waals surface area contributed by atoms with Gasteiger partial charge >= 0.3 is 11.9 Å². The van der Waals surface area contributed by atoms with Crippen LogP contribution in [-0.2, 0) is 24.7 Å². The number of cyclic esters (lactones) is 1. The van der Waals surface area contributed by atoms with Crippen LogP contribution in [0.3, 0.4) is 0 Å². The maximum Gasteiger partial charge on any atom is 0.346 e. The molecule has 0 saturated carbocycles. The van der Waals surface area contributed by atoms with E-state index in [1.807, 2.05) is 12.1 Å². The van der Waals surface area contributed by atoms with Crippen LogP contribution >= 0.6 is 0 Å². The van der Waals surface area contributed by atoms with Crippen LogP contribution in [0.5, 0.6) is 0 Å². The van der Waals surface area contributed by atoms with Gasteiger partial charge in [-0.3, -0.25) is 4.79 Å². The van der Waals surface area contributed by atoms with Gasteiger partial charge in [0.2, 0.25) is 0 Å². The molecule has 1 aliphatic rings. The molecule has 0 spiro atoms. The molecular weight excluding hydrogens is 320 g/mol. The summed E-state index contributed by atoms with van der Waals surface area (Å²) in [6, 6.07) is 17.6. The lowest BCUT2D eigenvalue weighted by Crippen LogP contribution is -2.29. The van der Waals surface area contributed by atoms with E-state index < -0.39 is 17.5 Å². The van der Waals surface area contributed by atoms with Gasteiger partial charge in [0.05, 0.1) is 13.5 Å². The van der Waals surface area contributed by atoms with Crippen molar-refractivity contribution in [3.8, 4) is 0 Å². The van der Waals surface area contributed by atoms with Gasteiger partial charge in [-0.15, -0.1) is 0 Å². The molecule has 0 fully saturated rings. The van der Waals surface area contributed by atoms with Crippen LogP contribution in [0, 0.1) is 0 Å². The number of benzene rings is 2. The van der Waals surface area contributed by atoms with E-state index in [9.17, 15) is 14.4 Å². The molecule has 0 aliphatic carbocycles. The van der Waals surface area contributed by atoms with Crippen LogP contribution in [0.25, 0.3) is 0 Å². The molecule has 25 heavy (non-hydrogen) atoms. The third-order valence-electron chi connectivity index (χ3n) is 4.06. The summed E-state index contributed by atoms with van der Waals surface area (Å²) in [6.07, 6.45) is 1.28. The standard InChI is InChI=1S/C20H16O5/c1-24-18(22)16-12-20(25-19(16)23,15-10-6-3-7-11-15)13-17(21)14-8-4-2-5-9-14/h2-12H,13H2,1H3. The number of rotatable bonds is 5.